The number of aromatic amines is 1. The number of halogens is 1. The Kier molecular flexibility index (Phi) is 5.04. The molecule has 0 atom stereocenters. The van der Waals surface area contributed by atoms with Gasteiger partial charge in [0.1, 0.15) is 11.2 Å². The molecule has 3 N–H and O–H groups in total. The molecule has 0 fully saturated rings. The summed E-state index contributed by atoms with van der Waals surface area (Å²) >= 11 is 5.83. The van der Waals surface area contributed by atoms with Crippen LogP contribution in [0.25, 0.3) is 17.1 Å². The largest absolute Gasteiger partial charge is 0.516 e. The zero-order valence-corrected chi connectivity index (χ0v) is 14.7. The van der Waals surface area contributed by atoms with E-state index >= 15 is 0 Å². The SMILES string of the molecule is Cc1nc2[nH]cc(C(=O)NCc3ccc(Cl)cc3)c(=O)c2cc1C=CO. The van der Waals surface area contributed by atoms with Crippen LogP contribution in [0, 0.1) is 6.92 Å². The molecule has 0 aliphatic rings. The summed E-state index contributed by atoms with van der Waals surface area (Å²) in [6.45, 7) is 2.04. The van der Waals surface area contributed by atoms with Crippen LogP contribution in [0.15, 0.2) is 47.6 Å². The number of carbonyl (C=O) groups excluding carboxylic acids is 1. The molecule has 3 aromatic rings. The molecule has 1 aromatic carbocycles. The van der Waals surface area contributed by atoms with Crippen molar-refractivity contribution in [1.82, 2.24) is 15.3 Å². The molecule has 0 aliphatic carbocycles. The normalized spacial score (nSPS) is 11.2. The van der Waals surface area contributed by atoms with Crippen LogP contribution in [0.5, 0.6) is 0 Å². The molecule has 0 aliphatic heterocycles. The van der Waals surface area contributed by atoms with Crippen molar-refractivity contribution in [2.75, 3.05) is 0 Å². The fourth-order valence-electron chi connectivity index (χ4n) is 2.55. The predicted octanol–water partition coefficient (Wildman–Crippen LogP) is 3.34. The molecule has 0 unspecified atom stereocenters. The molecular weight excluding hydrogens is 354 g/mol. The zero-order valence-electron chi connectivity index (χ0n) is 13.9. The van der Waals surface area contributed by atoms with Gasteiger partial charge in [-0.25, -0.2) is 4.98 Å². The highest BCUT2D eigenvalue weighted by atomic mass is 35.5. The number of aliphatic hydroxyl groups excluding tert-OH is 1. The van der Waals surface area contributed by atoms with E-state index < -0.39 is 11.3 Å². The van der Waals surface area contributed by atoms with E-state index in [1.54, 1.807) is 37.3 Å². The summed E-state index contributed by atoms with van der Waals surface area (Å²) in [4.78, 5) is 32.2. The standard InChI is InChI=1S/C19H16ClN3O3/c1-11-13(6-7-24)8-15-17(25)16(10-21-18(15)23-11)19(26)22-9-12-2-4-14(20)5-3-12/h2-8,10,24H,9H2,1H3,(H,22,26)(H,21,23,25). The molecule has 6 nitrogen and oxygen atoms in total. The molecule has 3 rings (SSSR count). The van der Waals surface area contributed by atoms with Gasteiger partial charge in [0.15, 0.2) is 0 Å². The minimum Gasteiger partial charge on any atom is -0.516 e. The van der Waals surface area contributed by atoms with E-state index in [0.29, 0.717) is 21.9 Å². The minimum absolute atomic E-state index is 0.00366. The monoisotopic (exact) mass is 369 g/mol. The van der Waals surface area contributed by atoms with Crippen molar-refractivity contribution in [3.05, 3.63) is 80.4 Å². The van der Waals surface area contributed by atoms with E-state index in [9.17, 15) is 9.59 Å². The third kappa shape index (κ3) is 3.60. The van der Waals surface area contributed by atoms with Gasteiger partial charge in [-0.3, -0.25) is 9.59 Å². The number of nitrogens with one attached hydrogen (secondary N) is 2. The first-order valence-electron chi connectivity index (χ1n) is 7.86. The van der Waals surface area contributed by atoms with Gasteiger partial charge in [0, 0.05) is 23.5 Å². The summed E-state index contributed by atoms with van der Waals surface area (Å²) in [6, 6.07) is 8.66. The Balaban J connectivity index is 1.90. The van der Waals surface area contributed by atoms with Crippen LogP contribution in [0.2, 0.25) is 5.02 Å². The van der Waals surface area contributed by atoms with Crippen LogP contribution in [-0.4, -0.2) is 21.0 Å². The number of fused-ring (bicyclic) bond motifs is 1. The summed E-state index contributed by atoms with van der Waals surface area (Å²) in [5.74, 6) is -0.483. The van der Waals surface area contributed by atoms with E-state index in [-0.39, 0.29) is 17.5 Å². The van der Waals surface area contributed by atoms with Crippen LogP contribution in [0.1, 0.15) is 27.2 Å². The van der Waals surface area contributed by atoms with Crippen LogP contribution in [0.3, 0.4) is 0 Å². The Labute approximate surface area is 154 Å². The van der Waals surface area contributed by atoms with Gasteiger partial charge >= 0.3 is 0 Å². The molecule has 2 aromatic heterocycles. The maximum Gasteiger partial charge on any atom is 0.257 e. The molecule has 0 spiro atoms. The van der Waals surface area contributed by atoms with E-state index in [1.807, 2.05) is 0 Å². The number of hydrogen-bond acceptors (Lipinski definition) is 4. The summed E-state index contributed by atoms with van der Waals surface area (Å²) < 4.78 is 0. The second-order valence-corrected chi connectivity index (χ2v) is 6.15. The zero-order chi connectivity index (χ0) is 18.7. The molecule has 1 amide bonds. The topological polar surface area (TPSA) is 95.1 Å². The number of carbonyl (C=O) groups is 1. The second-order valence-electron chi connectivity index (χ2n) is 5.72. The number of nitrogens with zero attached hydrogens (tertiary/aromatic N) is 1. The van der Waals surface area contributed by atoms with E-state index in [1.165, 1.54) is 12.3 Å². The van der Waals surface area contributed by atoms with Crippen LogP contribution >= 0.6 is 11.6 Å². The van der Waals surface area contributed by atoms with Gasteiger partial charge in [0.2, 0.25) is 5.43 Å². The molecule has 0 radical (unpaired) electrons. The van der Waals surface area contributed by atoms with Gasteiger partial charge < -0.3 is 15.4 Å². The smallest absolute Gasteiger partial charge is 0.257 e. The average molecular weight is 370 g/mol. The molecule has 7 heteroatoms. The lowest BCUT2D eigenvalue weighted by atomic mass is 10.1. The first kappa shape index (κ1) is 17.7. The Hall–Kier alpha value is -3.12. The van der Waals surface area contributed by atoms with Crippen molar-refractivity contribution < 1.29 is 9.90 Å². The summed E-state index contributed by atoms with van der Waals surface area (Å²) in [6.07, 6.45) is 3.68. The first-order chi connectivity index (χ1) is 12.5. The first-order valence-corrected chi connectivity index (χ1v) is 8.24. The number of H-pyrrole nitrogens is 1. The fraction of sp³-hybridized carbons (Fsp3) is 0.105. The van der Waals surface area contributed by atoms with Gasteiger partial charge in [0.25, 0.3) is 5.91 Å². The van der Waals surface area contributed by atoms with Gasteiger partial charge in [-0.2, -0.15) is 0 Å². The summed E-state index contributed by atoms with van der Waals surface area (Å²) in [7, 11) is 0. The summed E-state index contributed by atoms with van der Waals surface area (Å²) in [5.41, 5.74) is 2.08. The van der Waals surface area contributed by atoms with Crippen LogP contribution in [0.4, 0.5) is 0 Å². The van der Waals surface area contributed by atoms with Crippen molar-refractivity contribution in [3.63, 3.8) is 0 Å². The summed E-state index contributed by atoms with van der Waals surface area (Å²) in [5, 5.41) is 12.6. The third-order valence-corrected chi connectivity index (χ3v) is 4.21. The molecule has 2 heterocycles. The lowest BCUT2D eigenvalue weighted by Crippen LogP contribution is -2.28. The minimum atomic E-state index is -0.483. The van der Waals surface area contributed by atoms with Crippen molar-refractivity contribution in [2.45, 2.75) is 13.5 Å². The number of aliphatic hydroxyl groups is 1. The molecule has 26 heavy (non-hydrogen) atoms. The molecule has 0 saturated heterocycles. The quantitative estimate of drug-likeness (QED) is 0.614. The van der Waals surface area contributed by atoms with Gasteiger partial charge in [0.05, 0.1) is 11.6 Å². The highest BCUT2D eigenvalue weighted by molar-refractivity contribution is 6.30. The van der Waals surface area contributed by atoms with Crippen molar-refractivity contribution >= 4 is 34.6 Å². The highest BCUT2D eigenvalue weighted by Gasteiger charge is 2.14. The Bertz CT molecular complexity index is 1060. The van der Waals surface area contributed by atoms with E-state index in [4.69, 9.17) is 16.7 Å². The number of hydrogen-bond donors (Lipinski definition) is 3. The number of aromatic nitrogens is 2. The Morgan fingerprint density at radius 3 is 2.77 bits per heavy atom. The van der Waals surface area contributed by atoms with Gasteiger partial charge in [-0.1, -0.05) is 23.7 Å². The predicted molar refractivity (Wildman–Crippen MR) is 101 cm³/mol. The maximum atomic E-state index is 12.7. The highest BCUT2D eigenvalue weighted by Crippen LogP contribution is 2.14. The van der Waals surface area contributed by atoms with Gasteiger partial charge in [-0.05, 0) is 42.3 Å². The Morgan fingerprint density at radius 1 is 1.35 bits per heavy atom. The fourth-order valence-corrected chi connectivity index (χ4v) is 2.68. The third-order valence-electron chi connectivity index (χ3n) is 3.96. The lowest BCUT2D eigenvalue weighted by molar-refractivity contribution is 0.0949. The molecule has 0 bridgehead atoms. The molecular formula is C19H16ClN3O3. The number of amides is 1. The van der Waals surface area contributed by atoms with Crippen molar-refractivity contribution in [2.24, 2.45) is 0 Å². The number of aryl methyl sites for hydroxylation is 1. The molecule has 0 saturated carbocycles. The number of rotatable bonds is 4. The van der Waals surface area contributed by atoms with Gasteiger partial charge in [-0.15, -0.1) is 0 Å². The Morgan fingerprint density at radius 2 is 2.08 bits per heavy atom. The van der Waals surface area contributed by atoms with Crippen LogP contribution < -0.4 is 10.7 Å². The van der Waals surface area contributed by atoms with Crippen molar-refractivity contribution in [3.8, 4) is 0 Å². The molecule has 132 valence electrons. The number of pyridine rings is 2. The second kappa shape index (κ2) is 7.41. The van der Waals surface area contributed by atoms with Crippen LogP contribution in [-0.2, 0) is 6.54 Å². The van der Waals surface area contributed by atoms with Crippen molar-refractivity contribution in [1.29, 1.82) is 0 Å². The average Bonchev–Trinajstić information content (AvgIpc) is 2.63. The van der Waals surface area contributed by atoms with E-state index in [2.05, 4.69) is 15.3 Å². The number of benzene rings is 1. The van der Waals surface area contributed by atoms with E-state index in [0.717, 1.165) is 11.8 Å². The maximum absolute atomic E-state index is 12.7. The lowest BCUT2D eigenvalue weighted by Gasteiger charge is -2.07.